The Morgan fingerprint density at radius 3 is 2.41 bits per heavy atom. The van der Waals surface area contributed by atoms with Crippen molar-refractivity contribution in [3.63, 3.8) is 0 Å². The molecule has 4 N–H and O–H groups in total. The number of aliphatic hydroxyl groups excluding tert-OH is 2. The number of aliphatic hydroxyl groups is 2. The van der Waals surface area contributed by atoms with Gasteiger partial charge in [-0.1, -0.05) is 20.8 Å². The molecule has 4 rings (SSSR count). The summed E-state index contributed by atoms with van der Waals surface area (Å²) in [4.78, 5) is 12.2. The molecular formula is C26H45NO6S. The van der Waals surface area contributed by atoms with Crippen LogP contribution in [0.4, 0.5) is 0 Å². The van der Waals surface area contributed by atoms with Gasteiger partial charge in [0.25, 0.3) is 10.1 Å². The number of carbonyl (C=O) groups excluding carboxylic acids is 1. The fourth-order valence-electron chi connectivity index (χ4n) is 9.14. The number of hydrogen-bond donors (Lipinski definition) is 4. The maximum Gasteiger partial charge on any atom is 0.266 e. The Balaban J connectivity index is 1.39. The average Bonchev–Trinajstić information content (AvgIpc) is 3.09. The maximum atomic E-state index is 12.2. The highest BCUT2D eigenvalue weighted by molar-refractivity contribution is 7.85. The average molecular weight is 500 g/mol. The Labute approximate surface area is 205 Å². The molecule has 0 aromatic carbocycles. The van der Waals surface area contributed by atoms with Crippen LogP contribution >= 0.6 is 0 Å². The van der Waals surface area contributed by atoms with Crippen molar-refractivity contribution in [3.05, 3.63) is 0 Å². The fraction of sp³-hybridized carbons (Fsp3) is 0.962. The van der Waals surface area contributed by atoms with Crippen molar-refractivity contribution in [1.29, 1.82) is 0 Å². The van der Waals surface area contributed by atoms with Crippen LogP contribution in [0.15, 0.2) is 0 Å². The molecule has 34 heavy (non-hydrogen) atoms. The van der Waals surface area contributed by atoms with Crippen LogP contribution in [-0.4, -0.2) is 53.6 Å². The minimum absolute atomic E-state index is 0.0625. The first-order valence-corrected chi connectivity index (χ1v) is 15.0. The first-order valence-electron chi connectivity index (χ1n) is 13.4. The van der Waals surface area contributed by atoms with Gasteiger partial charge in [-0.15, -0.1) is 0 Å². The van der Waals surface area contributed by atoms with Gasteiger partial charge in [0.15, 0.2) is 0 Å². The summed E-state index contributed by atoms with van der Waals surface area (Å²) in [6, 6.07) is 0. The second kappa shape index (κ2) is 9.64. The summed E-state index contributed by atoms with van der Waals surface area (Å²) in [6.45, 7) is 7.05. The van der Waals surface area contributed by atoms with Crippen molar-refractivity contribution >= 4 is 16.0 Å². The van der Waals surface area contributed by atoms with Gasteiger partial charge in [-0.2, -0.15) is 8.42 Å². The van der Waals surface area contributed by atoms with Crippen LogP contribution in [0.1, 0.15) is 85.0 Å². The van der Waals surface area contributed by atoms with Gasteiger partial charge in [-0.3, -0.25) is 9.35 Å². The Morgan fingerprint density at radius 2 is 1.71 bits per heavy atom. The minimum Gasteiger partial charge on any atom is -0.393 e. The quantitative estimate of drug-likeness (QED) is 0.398. The van der Waals surface area contributed by atoms with E-state index in [1.54, 1.807) is 0 Å². The van der Waals surface area contributed by atoms with E-state index in [9.17, 15) is 23.4 Å². The van der Waals surface area contributed by atoms with Gasteiger partial charge in [-0.05, 0) is 104 Å². The normalized spacial score (nSPS) is 45.1. The predicted octanol–water partition coefficient (Wildman–Crippen LogP) is 3.40. The molecule has 7 nitrogen and oxygen atoms in total. The molecule has 8 heteroatoms. The minimum atomic E-state index is -4.06. The van der Waals surface area contributed by atoms with Crippen molar-refractivity contribution in [1.82, 2.24) is 5.32 Å². The second-order valence-corrected chi connectivity index (χ2v) is 14.2. The Kier molecular flexibility index (Phi) is 7.47. The van der Waals surface area contributed by atoms with E-state index in [0.29, 0.717) is 41.9 Å². The summed E-state index contributed by atoms with van der Waals surface area (Å²) in [5, 5.41) is 24.2. The van der Waals surface area contributed by atoms with Gasteiger partial charge in [0.1, 0.15) is 0 Å². The highest BCUT2D eigenvalue weighted by Crippen LogP contribution is 2.68. The van der Waals surface area contributed by atoms with Crippen LogP contribution in [0.3, 0.4) is 0 Å². The van der Waals surface area contributed by atoms with E-state index >= 15 is 0 Å². The summed E-state index contributed by atoms with van der Waals surface area (Å²) >= 11 is 0. The van der Waals surface area contributed by atoms with Gasteiger partial charge in [-0.25, -0.2) is 0 Å². The van der Waals surface area contributed by atoms with Crippen molar-refractivity contribution in [2.45, 2.75) is 97.2 Å². The lowest BCUT2D eigenvalue weighted by Crippen LogP contribution is -2.58. The monoisotopic (exact) mass is 499 g/mol. The van der Waals surface area contributed by atoms with E-state index in [4.69, 9.17) is 4.55 Å². The van der Waals surface area contributed by atoms with Crippen molar-refractivity contribution in [3.8, 4) is 0 Å². The van der Waals surface area contributed by atoms with Gasteiger partial charge in [0.2, 0.25) is 5.91 Å². The number of fused-ring (bicyclic) bond motifs is 5. The number of hydrogen-bond acceptors (Lipinski definition) is 5. The highest BCUT2D eigenvalue weighted by atomic mass is 32.2. The number of nitrogens with one attached hydrogen (secondary N) is 1. The molecule has 0 heterocycles. The molecule has 0 aromatic rings. The number of amides is 1. The zero-order valence-corrected chi connectivity index (χ0v) is 21.9. The Bertz CT molecular complexity index is 863. The third-order valence-corrected chi connectivity index (χ3v) is 11.6. The molecule has 0 radical (unpaired) electrons. The molecule has 196 valence electrons. The largest absolute Gasteiger partial charge is 0.393 e. The maximum absolute atomic E-state index is 12.2. The predicted molar refractivity (Wildman–Crippen MR) is 130 cm³/mol. The first kappa shape index (κ1) is 26.4. The molecule has 0 unspecified atom stereocenters. The van der Waals surface area contributed by atoms with Crippen molar-refractivity contribution in [2.24, 2.45) is 46.3 Å². The summed E-state index contributed by atoms with van der Waals surface area (Å²) in [7, 11) is -4.06. The third-order valence-electron chi connectivity index (χ3n) is 10.9. The second-order valence-electron chi connectivity index (χ2n) is 12.6. The van der Waals surface area contributed by atoms with E-state index < -0.39 is 15.9 Å². The van der Waals surface area contributed by atoms with Crippen LogP contribution < -0.4 is 5.32 Å². The fourth-order valence-corrected chi connectivity index (χ4v) is 9.50. The Hall–Kier alpha value is -0.700. The molecule has 4 fully saturated rings. The molecular weight excluding hydrogens is 454 g/mol. The molecule has 10 atom stereocenters. The lowest BCUT2D eigenvalue weighted by Gasteiger charge is -2.62. The first-order chi connectivity index (χ1) is 15.8. The van der Waals surface area contributed by atoms with Crippen LogP contribution in [0.25, 0.3) is 0 Å². The van der Waals surface area contributed by atoms with Crippen molar-refractivity contribution in [2.75, 3.05) is 12.3 Å². The van der Waals surface area contributed by atoms with Crippen LogP contribution in [0.5, 0.6) is 0 Å². The van der Waals surface area contributed by atoms with E-state index in [1.807, 2.05) is 0 Å². The third kappa shape index (κ3) is 4.94. The van der Waals surface area contributed by atoms with E-state index in [1.165, 1.54) is 6.42 Å². The summed E-state index contributed by atoms with van der Waals surface area (Å²) in [5.41, 5.74) is 0.411. The van der Waals surface area contributed by atoms with E-state index in [-0.39, 0.29) is 35.5 Å². The number of rotatable bonds is 7. The molecule has 0 bridgehead atoms. The highest BCUT2D eigenvalue weighted by Gasteiger charge is 2.62. The van der Waals surface area contributed by atoms with Crippen LogP contribution in [0.2, 0.25) is 0 Å². The van der Waals surface area contributed by atoms with Gasteiger partial charge < -0.3 is 15.5 Å². The lowest BCUT2D eigenvalue weighted by molar-refractivity contribution is -0.174. The van der Waals surface area contributed by atoms with Gasteiger partial charge in [0, 0.05) is 13.0 Å². The molecule has 0 aromatic heterocycles. The summed E-state index contributed by atoms with van der Waals surface area (Å²) in [6.07, 6.45) is 8.87. The SMILES string of the molecule is C[C@H](CCC(=O)NCCS(=O)(=O)O)[C@H]1CC[C@H]2[C@H]3[C@@H](CC[C@]12C)[C@@]1(C)CC[C@@H](O)C[C@H]1C[C@@H]3O. The molecule has 4 aliphatic carbocycles. The lowest BCUT2D eigenvalue weighted by atomic mass is 9.43. The zero-order valence-electron chi connectivity index (χ0n) is 21.1. The number of carbonyl (C=O) groups is 1. The standard InChI is InChI=1S/C26H45NO6S/c1-16(4-7-23(30)27-12-13-34(31,32)33)19-5-6-20-24-21(9-11-26(19,20)3)25(2)10-8-18(28)14-17(25)15-22(24)29/h16-22,24,28-29H,4-15H2,1-3H3,(H,27,30)(H,31,32,33)/t16-,17+,18-,19-,20+,21-,22+,24+,25+,26-/m1/s1. The molecule has 4 saturated carbocycles. The molecule has 0 aliphatic heterocycles. The van der Waals surface area contributed by atoms with E-state index in [0.717, 1.165) is 51.4 Å². The smallest absolute Gasteiger partial charge is 0.266 e. The molecule has 0 saturated heterocycles. The van der Waals surface area contributed by atoms with Crippen LogP contribution in [0, 0.1) is 46.3 Å². The summed E-state index contributed by atoms with van der Waals surface area (Å²) < 4.78 is 30.5. The topological polar surface area (TPSA) is 124 Å². The van der Waals surface area contributed by atoms with Gasteiger partial charge >= 0.3 is 0 Å². The van der Waals surface area contributed by atoms with E-state index in [2.05, 4.69) is 26.1 Å². The summed E-state index contributed by atoms with van der Waals surface area (Å²) in [5.74, 6) is 2.10. The zero-order chi connectivity index (χ0) is 24.9. The Morgan fingerprint density at radius 1 is 1.03 bits per heavy atom. The van der Waals surface area contributed by atoms with Crippen LogP contribution in [-0.2, 0) is 14.9 Å². The molecule has 0 spiro atoms. The molecule has 1 amide bonds. The van der Waals surface area contributed by atoms with Crippen molar-refractivity contribution < 1.29 is 28.0 Å². The van der Waals surface area contributed by atoms with Gasteiger partial charge in [0.05, 0.1) is 18.0 Å². The molecule has 4 aliphatic rings.